The van der Waals surface area contributed by atoms with Gasteiger partial charge in [-0.05, 0) is 12.1 Å². The first-order valence-corrected chi connectivity index (χ1v) is 11.2. The van der Waals surface area contributed by atoms with Crippen molar-refractivity contribution in [2.75, 3.05) is 31.1 Å². The lowest BCUT2D eigenvalue weighted by Gasteiger charge is -2.35. The third-order valence-corrected chi connectivity index (χ3v) is 7.25. The normalized spacial score (nSPS) is 15.5. The van der Waals surface area contributed by atoms with Crippen molar-refractivity contribution >= 4 is 21.6 Å². The smallest absolute Gasteiger partial charge is 0.254 e. The van der Waals surface area contributed by atoms with Crippen LogP contribution in [0.5, 0.6) is 0 Å². The van der Waals surface area contributed by atoms with Crippen molar-refractivity contribution in [1.29, 1.82) is 0 Å². The van der Waals surface area contributed by atoms with Crippen LogP contribution in [0.3, 0.4) is 0 Å². The fourth-order valence-corrected chi connectivity index (χ4v) is 5.22. The van der Waals surface area contributed by atoms with E-state index in [1.807, 2.05) is 41.3 Å². The summed E-state index contributed by atoms with van der Waals surface area (Å²) in [5, 5.41) is 4.28. The first-order valence-electron chi connectivity index (χ1n) is 9.80. The highest BCUT2D eigenvalue weighted by atomic mass is 32.2. The van der Waals surface area contributed by atoms with Gasteiger partial charge in [0.1, 0.15) is 22.9 Å². The van der Waals surface area contributed by atoms with Gasteiger partial charge < -0.3 is 4.90 Å². The number of benzene rings is 2. The van der Waals surface area contributed by atoms with Crippen LogP contribution in [0.2, 0.25) is 0 Å². The Balaban J connectivity index is 1.43. The van der Waals surface area contributed by atoms with Gasteiger partial charge >= 0.3 is 0 Å². The van der Waals surface area contributed by atoms with Gasteiger partial charge in [-0.2, -0.15) is 18.9 Å². The van der Waals surface area contributed by atoms with Gasteiger partial charge in [0.25, 0.3) is 5.78 Å². The molecule has 31 heavy (non-hydrogen) atoms. The maximum Gasteiger partial charge on any atom is 0.254 e. The SMILES string of the molecule is O=S(=O)(c1ccccc1F)N1CCN(c2cc(-c3ccccc3)nc3ncnn23)CC1. The fraction of sp³-hybridized carbons (Fsp3) is 0.190. The molecule has 0 amide bonds. The van der Waals surface area contributed by atoms with Crippen LogP contribution in [0.25, 0.3) is 17.0 Å². The molecular formula is C21H19FN6O2S. The Morgan fingerprint density at radius 3 is 2.35 bits per heavy atom. The van der Waals surface area contributed by atoms with Crippen molar-refractivity contribution in [3.8, 4) is 11.3 Å². The molecule has 10 heteroatoms. The Kier molecular flexibility index (Phi) is 4.87. The molecule has 0 radical (unpaired) electrons. The molecule has 0 atom stereocenters. The summed E-state index contributed by atoms with van der Waals surface area (Å²) in [4.78, 5) is 10.6. The second kappa shape index (κ2) is 7.71. The molecule has 158 valence electrons. The van der Waals surface area contributed by atoms with Crippen LogP contribution in [-0.2, 0) is 10.0 Å². The molecule has 8 nitrogen and oxygen atoms in total. The lowest BCUT2D eigenvalue weighted by Crippen LogP contribution is -2.49. The molecule has 0 unspecified atom stereocenters. The minimum atomic E-state index is -3.90. The predicted octanol–water partition coefficient (Wildman–Crippen LogP) is 2.44. The zero-order chi connectivity index (χ0) is 21.4. The van der Waals surface area contributed by atoms with Crippen molar-refractivity contribution < 1.29 is 12.8 Å². The molecule has 0 spiro atoms. The molecule has 1 saturated heterocycles. The molecule has 0 bridgehead atoms. The molecule has 0 aliphatic carbocycles. The van der Waals surface area contributed by atoms with Crippen LogP contribution in [0.15, 0.2) is 71.9 Å². The summed E-state index contributed by atoms with van der Waals surface area (Å²) in [6, 6.07) is 17.1. The van der Waals surface area contributed by atoms with E-state index in [1.165, 1.54) is 28.8 Å². The molecule has 1 aliphatic rings. The zero-order valence-electron chi connectivity index (χ0n) is 16.5. The number of piperazine rings is 1. The highest BCUT2D eigenvalue weighted by molar-refractivity contribution is 7.89. The average Bonchev–Trinajstić information content (AvgIpc) is 3.28. The van der Waals surface area contributed by atoms with Gasteiger partial charge in [-0.3, -0.25) is 0 Å². The van der Waals surface area contributed by atoms with Gasteiger partial charge in [0, 0.05) is 37.8 Å². The van der Waals surface area contributed by atoms with Crippen molar-refractivity contribution in [2.45, 2.75) is 4.90 Å². The van der Waals surface area contributed by atoms with Crippen molar-refractivity contribution in [1.82, 2.24) is 23.9 Å². The molecule has 1 aliphatic heterocycles. The van der Waals surface area contributed by atoms with Crippen LogP contribution < -0.4 is 4.90 Å². The molecular weight excluding hydrogens is 419 g/mol. The monoisotopic (exact) mass is 438 g/mol. The number of sulfonamides is 1. The van der Waals surface area contributed by atoms with Crippen LogP contribution in [0.1, 0.15) is 0 Å². The van der Waals surface area contributed by atoms with Gasteiger partial charge in [0.05, 0.1) is 5.69 Å². The lowest BCUT2D eigenvalue weighted by atomic mass is 10.1. The van der Waals surface area contributed by atoms with Crippen molar-refractivity contribution in [3.05, 3.63) is 72.8 Å². The van der Waals surface area contributed by atoms with Gasteiger partial charge in [-0.15, -0.1) is 0 Å². The Labute approximate surface area is 178 Å². The Morgan fingerprint density at radius 1 is 0.903 bits per heavy atom. The number of halogens is 1. The summed E-state index contributed by atoms with van der Waals surface area (Å²) in [6.07, 6.45) is 1.44. The lowest BCUT2D eigenvalue weighted by molar-refractivity contribution is 0.380. The van der Waals surface area contributed by atoms with Crippen LogP contribution >= 0.6 is 0 Å². The van der Waals surface area contributed by atoms with Gasteiger partial charge in [-0.1, -0.05) is 42.5 Å². The Bertz CT molecular complexity index is 1330. The summed E-state index contributed by atoms with van der Waals surface area (Å²) in [6.45, 7) is 1.33. The van der Waals surface area contributed by atoms with Crippen molar-refractivity contribution in [2.24, 2.45) is 0 Å². The number of hydrogen-bond acceptors (Lipinski definition) is 6. The van der Waals surface area contributed by atoms with E-state index in [9.17, 15) is 12.8 Å². The summed E-state index contributed by atoms with van der Waals surface area (Å²) >= 11 is 0. The molecule has 0 saturated carbocycles. The minimum Gasteiger partial charge on any atom is -0.354 e. The maximum atomic E-state index is 14.1. The molecule has 3 heterocycles. The highest BCUT2D eigenvalue weighted by Gasteiger charge is 2.31. The van der Waals surface area contributed by atoms with E-state index in [0.29, 0.717) is 18.9 Å². The second-order valence-electron chi connectivity index (χ2n) is 7.16. The Morgan fingerprint density at radius 2 is 1.61 bits per heavy atom. The number of fused-ring (bicyclic) bond motifs is 1. The van der Waals surface area contributed by atoms with E-state index in [4.69, 9.17) is 0 Å². The summed E-state index contributed by atoms with van der Waals surface area (Å²) in [5.74, 6) is 0.512. The van der Waals surface area contributed by atoms with Crippen LogP contribution in [-0.4, -0.2) is 58.5 Å². The quantitative estimate of drug-likeness (QED) is 0.487. The van der Waals surface area contributed by atoms with Crippen LogP contribution in [0, 0.1) is 5.82 Å². The first kappa shape index (κ1) is 19.6. The zero-order valence-corrected chi connectivity index (χ0v) is 17.3. The molecule has 0 N–H and O–H groups in total. The van der Waals surface area contributed by atoms with E-state index >= 15 is 0 Å². The van der Waals surface area contributed by atoms with E-state index in [0.717, 1.165) is 23.1 Å². The molecule has 1 fully saturated rings. The molecule has 2 aromatic heterocycles. The third-order valence-electron chi connectivity index (χ3n) is 5.32. The van der Waals surface area contributed by atoms with E-state index in [1.54, 1.807) is 4.52 Å². The Hall–Kier alpha value is -3.37. The molecule has 4 aromatic rings. The highest BCUT2D eigenvalue weighted by Crippen LogP contribution is 2.26. The van der Waals surface area contributed by atoms with E-state index in [-0.39, 0.29) is 18.0 Å². The van der Waals surface area contributed by atoms with Gasteiger partial charge in [0.15, 0.2) is 0 Å². The number of aromatic nitrogens is 4. The topological polar surface area (TPSA) is 83.7 Å². The largest absolute Gasteiger partial charge is 0.354 e. The number of nitrogens with zero attached hydrogens (tertiary/aromatic N) is 6. The van der Waals surface area contributed by atoms with E-state index in [2.05, 4.69) is 15.1 Å². The van der Waals surface area contributed by atoms with Gasteiger partial charge in [-0.25, -0.2) is 17.8 Å². The summed E-state index contributed by atoms with van der Waals surface area (Å²) in [7, 11) is -3.90. The maximum absolute atomic E-state index is 14.1. The number of rotatable bonds is 4. The third kappa shape index (κ3) is 3.53. The van der Waals surface area contributed by atoms with E-state index < -0.39 is 15.8 Å². The molecule has 2 aromatic carbocycles. The van der Waals surface area contributed by atoms with Crippen molar-refractivity contribution in [3.63, 3.8) is 0 Å². The number of hydrogen-bond donors (Lipinski definition) is 0. The fourth-order valence-electron chi connectivity index (χ4n) is 3.73. The standard InChI is InChI=1S/C21H19FN6O2S/c22-17-8-4-5-9-19(17)31(29,30)27-12-10-26(11-13-27)20-14-18(16-6-2-1-3-7-16)25-21-23-15-24-28(20)21/h1-9,14-15H,10-13H2. The average molecular weight is 438 g/mol. The van der Waals surface area contributed by atoms with Crippen LogP contribution in [0.4, 0.5) is 10.2 Å². The summed E-state index contributed by atoms with van der Waals surface area (Å²) < 4.78 is 42.8. The van der Waals surface area contributed by atoms with Gasteiger partial charge in [0.2, 0.25) is 10.0 Å². The summed E-state index contributed by atoms with van der Waals surface area (Å²) in [5.41, 5.74) is 1.72. The molecule has 5 rings (SSSR count). The predicted molar refractivity (Wildman–Crippen MR) is 114 cm³/mol. The number of anilines is 1. The first-order chi connectivity index (χ1) is 15.0. The second-order valence-corrected chi connectivity index (χ2v) is 9.07. The minimum absolute atomic E-state index is 0.232.